The van der Waals surface area contributed by atoms with E-state index in [4.69, 9.17) is 14.2 Å². The van der Waals surface area contributed by atoms with Crippen molar-refractivity contribution in [2.75, 3.05) is 7.11 Å². The van der Waals surface area contributed by atoms with E-state index in [0.29, 0.717) is 17.8 Å². The number of carbonyl (C=O) groups excluding carboxylic acids is 2. The number of esters is 2. The predicted molar refractivity (Wildman–Crippen MR) is 160 cm³/mol. The third kappa shape index (κ3) is 5.09. The lowest BCUT2D eigenvalue weighted by molar-refractivity contribution is -0.167. The van der Waals surface area contributed by atoms with Crippen LogP contribution >= 0.6 is 0 Å². The van der Waals surface area contributed by atoms with Crippen LogP contribution in [0.1, 0.15) is 133 Å². The first-order valence-corrected chi connectivity index (χ1v) is 16.1. The van der Waals surface area contributed by atoms with Crippen LogP contribution in [-0.4, -0.2) is 36.9 Å². The summed E-state index contributed by atoms with van der Waals surface area (Å²) in [7, 11) is 1.76. The van der Waals surface area contributed by atoms with Gasteiger partial charge in [-0.15, -0.1) is 0 Å². The summed E-state index contributed by atoms with van der Waals surface area (Å²) in [5, 5.41) is 0. The lowest BCUT2D eigenvalue weighted by Crippen LogP contribution is -2.56. The number of hydrogen-bond donors (Lipinski definition) is 0. The third-order valence-corrected chi connectivity index (χ3v) is 13.2. The number of allylic oxidation sites excluding steroid dienone is 2. The first-order valence-electron chi connectivity index (χ1n) is 16.1. The zero-order chi connectivity index (χ0) is 29.9. The largest absolute Gasteiger partial charge is 0.462 e. The van der Waals surface area contributed by atoms with Gasteiger partial charge in [0.2, 0.25) is 0 Å². The van der Waals surface area contributed by atoms with Crippen LogP contribution in [0.15, 0.2) is 11.1 Å². The van der Waals surface area contributed by atoms with Crippen molar-refractivity contribution in [2.45, 2.75) is 151 Å². The Morgan fingerprint density at radius 1 is 0.925 bits per heavy atom. The van der Waals surface area contributed by atoms with Crippen molar-refractivity contribution in [3.05, 3.63) is 11.1 Å². The summed E-state index contributed by atoms with van der Waals surface area (Å²) in [4.78, 5) is 24.1. The summed E-state index contributed by atoms with van der Waals surface area (Å²) in [6.45, 7) is 22.0. The highest BCUT2D eigenvalue weighted by atomic mass is 16.5. The summed E-state index contributed by atoms with van der Waals surface area (Å²) >= 11 is 0. The van der Waals surface area contributed by atoms with E-state index < -0.39 is 0 Å². The number of ether oxygens (including phenoxy) is 3. The summed E-state index contributed by atoms with van der Waals surface area (Å²) in [6, 6.07) is 0. The predicted octanol–water partition coefficient (Wildman–Crippen LogP) is 8.44. The first kappa shape index (κ1) is 31.6. The number of methoxy groups -OCH3 is 1. The van der Waals surface area contributed by atoms with Gasteiger partial charge in [0.05, 0.1) is 5.60 Å². The maximum Gasteiger partial charge on any atom is 0.302 e. The molecule has 0 spiro atoms. The molecule has 0 aromatic rings. The maximum absolute atomic E-state index is 12.2. The monoisotopic (exact) mass is 558 g/mol. The number of rotatable bonds is 8. The van der Waals surface area contributed by atoms with Gasteiger partial charge < -0.3 is 14.2 Å². The van der Waals surface area contributed by atoms with E-state index in [9.17, 15) is 9.59 Å². The SMILES string of the molecule is COC(C)(C)CC[C@H](OC(C)=O)[C@@H](C)[C@H]1CC[C@@]2(C)C3=C(CC[C@]12C)[C@@]1(C)CC[C@H](OC(C)=O)C(C)(C)C1CC3. The Kier molecular flexibility index (Phi) is 8.47. The van der Waals surface area contributed by atoms with Crippen molar-refractivity contribution >= 4 is 11.9 Å². The Morgan fingerprint density at radius 3 is 2.20 bits per heavy atom. The average Bonchev–Trinajstić information content (AvgIpc) is 3.14. The van der Waals surface area contributed by atoms with Gasteiger partial charge in [-0.2, -0.15) is 0 Å². The molecule has 8 atom stereocenters. The minimum absolute atomic E-state index is 0.00711. The van der Waals surface area contributed by atoms with Crippen LogP contribution in [0.2, 0.25) is 0 Å². The lowest BCUT2D eigenvalue weighted by atomic mass is 9.43. The van der Waals surface area contributed by atoms with Crippen molar-refractivity contribution in [1.82, 2.24) is 0 Å². The van der Waals surface area contributed by atoms with Gasteiger partial charge in [-0.25, -0.2) is 0 Å². The fourth-order valence-corrected chi connectivity index (χ4v) is 10.5. The van der Waals surface area contributed by atoms with E-state index in [0.717, 1.165) is 32.1 Å². The lowest BCUT2D eigenvalue weighted by Gasteiger charge is -2.62. The molecule has 228 valence electrons. The van der Waals surface area contributed by atoms with Gasteiger partial charge >= 0.3 is 11.9 Å². The molecule has 2 saturated carbocycles. The molecule has 0 saturated heterocycles. The Hall–Kier alpha value is -1.36. The minimum atomic E-state index is -0.229. The van der Waals surface area contributed by atoms with Gasteiger partial charge in [0.25, 0.3) is 0 Å². The molecule has 0 amide bonds. The van der Waals surface area contributed by atoms with Crippen molar-refractivity contribution in [3.63, 3.8) is 0 Å². The fourth-order valence-electron chi connectivity index (χ4n) is 10.5. The van der Waals surface area contributed by atoms with Crippen LogP contribution in [-0.2, 0) is 23.8 Å². The van der Waals surface area contributed by atoms with Crippen molar-refractivity contribution in [1.29, 1.82) is 0 Å². The van der Waals surface area contributed by atoms with Crippen LogP contribution in [0.5, 0.6) is 0 Å². The molecule has 0 aromatic heterocycles. The third-order valence-electron chi connectivity index (χ3n) is 13.2. The molecule has 0 bridgehead atoms. The highest BCUT2D eigenvalue weighted by Crippen LogP contribution is 2.72. The number of hydrogen-bond acceptors (Lipinski definition) is 5. The Bertz CT molecular complexity index is 1020. The second-order valence-corrected chi connectivity index (χ2v) is 15.8. The van der Waals surface area contributed by atoms with Gasteiger partial charge in [-0.1, -0.05) is 52.7 Å². The van der Waals surface area contributed by atoms with E-state index in [-0.39, 0.29) is 51.4 Å². The molecular weight excluding hydrogens is 500 g/mol. The van der Waals surface area contributed by atoms with E-state index in [1.807, 2.05) is 0 Å². The van der Waals surface area contributed by atoms with E-state index in [2.05, 4.69) is 55.4 Å². The molecule has 0 heterocycles. The normalized spacial score (nSPS) is 38.5. The highest BCUT2D eigenvalue weighted by Gasteiger charge is 2.64. The molecule has 0 radical (unpaired) electrons. The van der Waals surface area contributed by atoms with Crippen molar-refractivity contribution in [3.8, 4) is 0 Å². The van der Waals surface area contributed by atoms with Crippen LogP contribution in [0.25, 0.3) is 0 Å². The fraction of sp³-hybridized carbons (Fsp3) is 0.886. The topological polar surface area (TPSA) is 61.8 Å². The summed E-state index contributed by atoms with van der Waals surface area (Å²) < 4.78 is 17.6. The smallest absolute Gasteiger partial charge is 0.302 e. The molecular formula is C35H58O5. The molecule has 4 aliphatic rings. The van der Waals surface area contributed by atoms with Gasteiger partial charge in [-0.3, -0.25) is 9.59 Å². The summed E-state index contributed by atoms with van der Waals surface area (Å²) in [6.07, 6.45) is 10.8. The van der Waals surface area contributed by atoms with Gasteiger partial charge in [0, 0.05) is 26.4 Å². The zero-order valence-corrected chi connectivity index (χ0v) is 27.5. The Labute approximate surface area is 244 Å². The molecule has 0 N–H and O–H groups in total. The van der Waals surface area contributed by atoms with Crippen LogP contribution in [0.4, 0.5) is 0 Å². The molecule has 40 heavy (non-hydrogen) atoms. The van der Waals surface area contributed by atoms with Crippen LogP contribution in [0.3, 0.4) is 0 Å². The second kappa shape index (κ2) is 10.7. The van der Waals surface area contributed by atoms with Gasteiger partial charge in [0.1, 0.15) is 12.2 Å². The Morgan fingerprint density at radius 2 is 1.60 bits per heavy atom. The molecule has 1 unspecified atom stereocenters. The molecule has 2 fully saturated rings. The van der Waals surface area contributed by atoms with E-state index in [1.54, 1.807) is 32.1 Å². The standard InChI is InChI=1S/C35H58O5/c1-22(28(39-23(2)36)16-18-31(4,5)38-11)25-14-20-35(10)27-12-13-29-32(6,7)30(40-24(3)37)17-19-33(29,8)26(27)15-21-34(25,35)9/h22,25,28-30H,12-21H2,1-11H3/t22-,25+,28-,29?,30-,33+,34+,35-/m0/s1. The molecule has 4 aliphatic carbocycles. The summed E-state index contributed by atoms with van der Waals surface area (Å²) in [5.41, 5.74) is 3.77. The Balaban J connectivity index is 1.63. The quantitative estimate of drug-likeness (QED) is 0.221. The van der Waals surface area contributed by atoms with Crippen molar-refractivity contribution < 1.29 is 23.8 Å². The first-order chi connectivity index (χ1) is 18.4. The van der Waals surface area contributed by atoms with E-state index >= 15 is 0 Å². The molecule has 4 rings (SSSR count). The van der Waals surface area contributed by atoms with Crippen molar-refractivity contribution in [2.24, 2.45) is 39.4 Å². The van der Waals surface area contributed by atoms with Crippen LogP contribution in [0, 0.1) is 39.4 Å². The zero-order valence-electron chi connectivity index (χ0n) is 27.5. The number of fused-ring (bicyclic) bond motifs is 4. The molecule has 5 heteroatoms. The second-order valence-electron chi connectivity index (χ2n) is 15.8. The minimum Gasteiger partial charge on any atom is -0.462 e. The van der Waals surface area contributed by atoms with Crippen LogP contribution < -0.4 is 0 Å². The summed E-state index contributed by atoms with van der Waals surface area (Å²) in [5.74, 6) is 1.02. The maximum atomic E-state index is 12.2. The highest BCUT2D eigenvalue weighted by molar-refractivity contribution is 5.66. The van der Waals surface area contributed by atoms with E-state index in [1.165, 1.54) is 32.1 Å². The molecule has 5 nitrogen and oxygen atoms in total. The number of carbonyl (C=O) groups is 2. The van der Waals surface area contributed by atoms with Gasteiger partial charge in [-0.05, 0) is 112 Å². The molecule has 0 aromatic carbocycles. The molecule has 0 aliphatic heterocycles. The average molecular weight is 559 g/mol. The van der Waals surface area contributed by atoms with Gasteiger partial charge in [0.15, 0.2) is 0 Å².